The van der Waals surface area contributed by atoms with E-state index in [0.717, 1.165) is 47.1 Å². The summed E-state index contributed by atoms with van der Waals surface area (Å²) < 4.78 is 16.7. The second kappa shape index (κ2) is 7.97. The molecule has 5 nitrogen and oxygen atoms in total. The number of nitrogens with zero attached hydrogens (tertiary/aromatic N) is 2. The van der Waals surface area contributed by atoms with E-state index in [4.69, 9.17) is 19.2 Å². The van der Waals surface area contributed by atoms with Crippen molar-refractivity contribution in [2.45, 2.75) is 26.4 Å². The summed E-state index contributed by atoms with van der Waals surface area (Å²) in [6, 6.07) is 14.1. The standard InChI is InChI=1S/C23H26N2O3/c1-16-10-23(25-8-4-5-9-25)21-7-6-18(14-22(21)24-16)28-15-17-11-19(26-2)13-20(12-17)27-3/h6-7,10-14H,4-5,8-9,15H2,1-3H3. The van der Waals surface area contributed by atoms with Crippen LogP contribution in [0.1, 0.15) is 24.1 Å². The summed E-state index contributed by atoms with van der Waals surface area (Å²) in [5.41, 5.74) is 4.28. The van der Waals surface area contributed by atoms with Gasteiger partial charge in [-0.2, -0.15) is 0 Å². The van der Waals surface area contributed by atoms with Crippen LogP contribution in [0.25, 0.3) is 10.9 Å². The number of fused-ring (bicyclic) bond motifs is 1. The average molecular weight is 378 g/mol. The van der Waals surface area contributed by atoms with Gasteiger partial charge in [0.1, 0.15) is 23.9 Å². The number of aryl methyl sites for hydroxylation is 1. The summed E-state index contributed by atoms with van der Waals surface area (Å²) in [6.45, 7) is 4.72. The van der Waals surface area contributed by atoms with E-state index in [1.54, 1.807) is 14.2 Å². The third-order valence-electron chi connectivity index (χ3n) is 5.15. The van der Waals surface area contributed by atoms with E-state index in [-0.39, 0.29) is 0 Å². The van der Waals surface area contributed by atoms with Crippen molar-refractivity contribution in [3.63, 3.8) is 0 Å². The van der Waals surface area contributed by atoms with Crippen LogP contribution in [0.3, 0.4) is 0 Å². The van der Waals surface area contributed by atoms with Crippen LogP contribution >= 0.6 is 0 Å². The van der Waals surface area contributed by atoms with Gasteiger partial charge in [0.25, 0.3) is 0 Å². The lowest BCUT2D eigenvalue weighted by Gasteiger charge is -2.20. The molecule has 4 rings (SSSR count). The predicted octanol–water partition coefficient (Wildman–Crippen LogP) is 4.74. The van der Waals surface area contributed by atoms with Crippen LogP contribution in [0.5, 0.6) is 17.2 Å². The largest absolute Gasteiger partial charge is 0.497 e. The van der Waals surface area contributed by atoms with Gasteiger partial charge in [0.2, 0.25) is 0 Å². The number of benzene rings is 2. The maximum absolute atomic E-state index is 6.04. The normalized spacial score (nSPS) is 13.8. The number of hydrogen-bond donors (Lipinski definition) is 0. The number of hydrogen-bond acceptors (Lipinski definition) is 5. The lowest BCUT2D eigenvalue weighted by molar-refractivity contribution is 0.304. The van der Waals surface area contributed by atoms with Crippen LogP contribution in [0.4, 0.5) is 5.69 Å². The highest BCUT2D eigenvalue weighted by molar-refractivity contribution is 5.93. The van der Waals surface area contributed by atoms with Crippen molar-refractivity contribution >= 4 is 16.6 Å². The molecule has 2 aromatic carbocycles. The van der Waals surface area contributed by atoms with E-state index in [2.05, 4.69) is 24.0 Å². The number of aromatic nitrogens is 1. The van der Waals surface area contributed by atoms with Gasteiger partial charge in [-0.05, 0) is 55.7 Å². The average Bonchev–Trinajstić information content (AvgIpc) is 3.25. The molecule has 1 aromatic heterocycles. The first-order valence-electron chi connectivity index (χ1n) is 9.67. The van der Waals surface area contributed by atoms with E-state index >= 15 is 0 Å². The Kier molecular flexibility index (Phi) is 5.24. The Morgan fingerprint density at radius 2 is 1.61 bits per heavy atom. The molecule has 28 heavy (non-hydrogen) atoms. The molecule has 5 heteroatoms. The molecule has 0 aliphatic carbocycles. The zero-order valence-electron chi connectivity index (χ0n) is 16.7. The van der Waals surface area contributed by atoms with Crippen LogP contribution in [-0.2, 0) is 6.61 Å². The minimum absolute atomic E-state index is 0.434. The second-order valence-electron chi connectivity index (χ2n) is 7.17. The fourth-order valence-electron chi connectivity index (χ4n) is 3.74. The molecule has 0 radical (unpaired) electrons. The zero-order chi connectivity index (χ0) is 19.5. The first-order chi connectivity index (χ1) is 13.7. The van der Waals surface area contributed by atoms with Crippen molar-refractivity contribution in [3.8, 4) is 17.2 Å². The molecule has 146 valence electrons. The molecular formula is C23H26N2O3. The molecule has 1 saturated heterocycles. The number of rotatable bonds is 6. The van der Waals surface area contributed by atoms with Gasteiger partial charge in [-0.1, -0.05) is 0 Å². The monoisotopic (exact) mass is 378 g/mol. The van der Waals surface area contributed by atoms with E-state index in [0.29, 0.717) is 6.61 Å². The first-order valence-corrected chi connectivity index (χ1v) is 9.67. The molecule has 3 aromatic rings. The highest BCUT2D eigenvalue weighted by Crippen LogP contribution is 2.32. The Hall–Kier alpha value is -2.95. The van der Waals surface area contributed by atoms with Crippen LogP contribution in [0, 0.1) is 6.92 Å². The molecule has 0 N–H and O–H groups in total. The van der Waals surface area contributed by atoms with Gasteiger partial charge in [0.15, 0.2) is 0 Å². The molecular weight excluding hydrogens is 352 g/mol. The highest BCUT2D eigenvalue weighted by atomic mass is 16.5. The lowest BCUT2D eigenvalue weighted by atomic mass is 10.1. The number of pyridine rings is 1. The Morgan fingerprint density at radius 1 is 0.893 bits per heavy atom. The molecule has 0 unspecified atom stereocenters. The van der Waals surface area contributed by atoms with Gasteiger partial charge in [0.05, 0.1) is 19.7 Å². The fraction of sp³-hybridized carbons (Fsp3) is 0.348. The molecule has 1 aliphatic heterocycles. The minimum Gasteiger partial charge on any atom is -0.497 e. The molecule has 0 spiro atoms. The van der Waals surface area contributed by atoms with E-state index in [1.807, 2.05) is 30.3 Å². The number of ether oxygens (including phenoxy) is 3. The second-order valence-corrected chi connectivity index (χ2v) is 7.17. The van der Waals surface area contributed by atoms with Crippen molar-refractivity contribution in [2.75, 3.05) is 32.2 Å². The Bertz CT molecular complexity index is 959. The van der Waals surface area contributed by atoms with E-state index < -0.39 is 0 Å². The lowest BCUT2D eigenvalue weighted by Crippen LogP contribution is -2.18. The van der Waals surface area contributed by atoms with Crippen molar-refractivity contribution in [1.29, 1.82) is 0 Å². The molecule has 0 amide bonds. The molecule has 0 saturated carbocycles. The van der Waals surface area contributed by atoms with Crippen LogP contribution in [-0.4, -0.2) is 32.3 Å². The van der Waals surface area contributed by atoms with Gasteiger partial charge in [-0.15, -0.1) is 0 Å². The molecule has 0 bridgehead atoms. The predicted molar refractivity (Wildman–Crippen MR) is 112 cm³/mol. The van der Waals surface area contributed by atoms with Crippen LogP contribution in [0.15, 0.2) is 42.5 Å². The Labute approximate surface area is 165 Å². The summed E-state index contributed by atoms with van der Waals surface area (Å²) in [7, 11) is 3.30. The van der Waals surface area contributed by atoms with Crippen molar-refractivity contribution < 1.29 is 14.2 Å². The van der Waals surface area contributed by atoms with Gasteiger partial charge < -0.3 is 19.1 Å². The van der Waals surface area contributed by atoms with Crippen molar-refractivity contribution in [2.24, 2.45) is 0 Å². The molecule has 1 fully saturated rings. The summed E-state index contributed by atoms with van der Waals surface area (Å²) >= 11 is 0. The van der Waals surface area contributed by atoms with Gasteiger partial charge >= 0.3 is 0 Å². The topological polar surface area (TPSA) is 43.8 Å². The Morgan fingerprint density at radius 3 is 2.29 bits per heavy atom. The fourth-order valence-corrected chi connectivity index (χ4v) is 3.74. The molecule has 0 atom stereocenters. The SMILES string of the molecule is COc1cc(COc2ccc3c(N4CCCC4)cc(C)nc3c2)cc(OC)c1. The molecule has 2 heterocycles. The maximum atomic E-state index is 6.04. The van der Waals surface area contributed by atoms with Gasteiger partial charge in [-0.3, -0.25) is 4.98 Å². The summed E-state index contributed by atoms with van der Waals surface area (Å²) in [6.07, 6.45) is 2.52. The van der Waals surface area contributed by atoms with Crippen molar-refractivity contribution in [1.82, 2.24) is 4.98 Å². The third kappa shape index (κ3) is 3.84. The quantitative estimate of drug-likeness (QED) is 0.620. The number of methoxy groups -OCH3 is 2. The maximum Gasteiger partial charge on any atom is 0.122 e. The zero-order valence-corrected chi connectivity index (χ0v) is 16.7. The summed E-state index contributed by atoms with van der Waals surface area (Å²) in [4.78, 5) is 7.19. The van der Waals surface area contributed by atoms with Crippen LogP contribution in [0.2, 0.25) is 0 Å². The Balaban J connectivity index is 1.58. The molecule has 1 aliphatic rings. The van der Waals surface area contributed by atoms with E-state index in [1.165, 1.54) is 23.9 Å². The van der Waals surface area contributed by atoms with Gasteiger partial charge in [-0.25, -0.2) is 0 Å². The first kappa shape index (κ1) is 18.4. The minimum atomic E-state index is 0.434. The van der Waals surface area contributed by atoms with E-state index in [9.17, 15) is 0 Å². The van der Waals surface area contributed by atoms with Gasteiger partial charge in [0, 0.05) is 42.0 Å². The summed E-state index contributed by atoms with van der Waals surface area (Å²) in [5.74, 6) is 2.31. The number of anilines is 1. The van der Waals surface area contributed by atoms with Crippen molar-refractivity contribution in [3.05, 3.63) is 53.7 Å². The van der Waals surface area contributed by atoms with Crippen LogP contribution < -0.4 is 19.1 Å². The third-order valence-corrected chi connectivity index (χ3v) is 5.15. The summed E-state index contributed by atoms with van der Waals surface area (Å²) in [5, 5.41) is 1.18. The highest BCUT2D eigenvalue weighted by Gasteiger charge is 2.16. The smallest absolute Gasteiger partial charge is 0.122 e.